The molecule has 2 atom stereocenters. The molecule has 1 aromatic rings. The molecule has 2 heteroatoms. The minimum atomic E-state index is 0.594. The Morgan fingerprint density at radius 3 is 2.67 bits per heavy atom. The lowest BCUT2D eigenvalue weighted by molar-refractivity contribution is 0.193. The van der Waals surface area contributed by atoms with Gasteiger partial charge in [0.05, 0.1) is 6.04 Å². The molecule has 1 aliphatic carbocycles. The van der Waals surface area contributed by atoms with Crippen molar-refractivity contribution >= 4 is 0 Å². The Morgan fingerprint density at radius 2 is 1.89 bits per heavy atom. The van der Waals surface area contributed by atoms with Gasteiger partial charge in [0, 0.05) is 6.04 Å². The quantitative estimate of drug-likeness (QED) is 0.805. The smallest absolute Gasteiger partial charge is 0.0503 e. The van der Waals surface area contributed by atoms with Crippen LogP contribution in [0.4, 0.5) is 0 Å². The zero-order valence-corrected chi connectivity index (χ0v) is 11.4. The number of hydrogen-bond donors (Lipinski definition) is 1. The Morgan fingerprint density at radius 1 is 1.11 bits per heavy atom. The second-order valence-electron chi connectivity index (χ2n) is 5.67. The fraction of sp³-hybridized carbons (Fsp3) is 0.625. The second kappa shape index (κ2) is 5.41. The van der Waals surface area contributed by atoms with Crippen LogP contribution in [0.15, 0.2) is 24.3 Å². The number of benzene rings is 1. The maximum absolute atomic E-state index is 3.57. The molecule has 0 amide bonds. The first-order valence-corrected chi connectivity index (χ1v) is 7.39. The standard InChI is InChI=1S/C16H24N2/c1-17-15-10-6-8-13-7-2-3-9-14(13)16(15)18-11-4-5-12-18/h2-3,7,9,15-17H,4-6,8,10-12H2,1H3. The average Bonchev–Trinajstić information content (AvgIpc) is 2.86. The third-order valence-electron chi connectivity index (χ3n) is 4.62. The molecule has 0 bridgehead atoms. The minimum Gasteiger partial charge on any atom is -0.315 e. The molecule has 3 rings (SSSR count). The average molecular weight is 244 g/mol. The molecular weight excluding hydrogens is 220 g/mol. The van der Waals surface area contributed by atoms with Gasteiger partial charge < -0.3 is 5.32 Å². The number of likely N-dealkylation sites (N-methyl/N-ethyl adjacent to an activating group) is 1. The zero-order valence-electron chi connectivity index (χ0n) is 11.4. The van der Waals surface area contributed by atoms with E-state index in [-0.39, 0.29) is 0 Å². The summed E-state index contributed by atoms with van der Waals surface area (Å²) in [5, 5.41) is 3.57. The van der Waals surface area contributed by atoms with E-state index in [1.165, 1.54) is 45.2 Å². The predicted octanol–water partition coefficient (Wildman–Crippen LogP) is 2.75. The molecule has 1 heterocycles. The van der Waals surface area contributed by atoms with Gasteiger partial charge in [0.15, 0.2) is 0 Å². The highest BCUT2D eigenvalue weighted by atomic mass is 15.2. The Balaban J connectivity index is 1.98. The molecule has 18 heavy (non-hydrogen) atoms. The largest absolute Gasteiger partial charge is 0.315 e. The second-order valence-corrected chi connectivity index (χ2v) is 5.67. The summed E-state index contributed by atoms with van der Waals surface area (Å²) in [6, 6.07) is 10.3. The van der Waals surface area contributed by atoms with Crippen LogP contribution in [-0.4, -0.2) is 31.1 Å². The molecule has 1 aromatic carbocycles. The third-order valence-corrected chi connectivity index (χ3v) is 4.62. The maximum Gasteiger partial charge on any atom is 0.0503 e. The molecule has 1 saturated heterocycles. The van der Waals surface area contributed by atoms with E-state index in [0.717, 1.165) is 0 Å². The Kier molecular flexibility index (Phi) is 3.67. The van der Waals surface area contributed by atoms with Crippen LogP contribution in [0.3, 0.4) is 0 Å². The van der Waals surface area contributed by atoms with Crippen molar-refractivity contribution in [2.24, 2.45) is 0 Å². The fourth-order valence-electron chi connectivity index (χ4n) is 3.71. The van der Waals surface area contributed by atoms with Crippen molar-refractivity contribution < 1.29 is 0 Å². The van der Waals surface area contributed by atoms with Crippen LogP contribution in [0.5, 0.6) is 0 Å². The van der Waals surface area contributed by atoms with Crippen LogP contribution in [-0.2, 0) is 6.42 Å². The number of aryl methyl sites for hydroxylation is 1. The molecule has 2 nitrogen and oxygen atoms in total. The van der Waals surface area contributed by atoms with Crippen molar-refractivity contribution in [3.8, 4) is 0 Å². The molecule has 1 aliphatic heterocycles. The summed E-state index contributed by atoms with van der Waals surface area (Å²) >= 11 is 0. The van der Waals surface area contributed by atoms with Gasteiger partial charge in [-0.1, -0.05) is 24.3 Å². The van der Waals surface area contributed by atoms with Crippen LogP contribution >= 0.6 is 0 Å². The molecule has 2 aliphatic rings. The van der Waals surface area contributed by atoms with E-state index in [4.69, 9.17) is 0 Å². The van der Waals surface area contributed by atoms with Crippen molar-refractivity contribution in [2.45, 2.75) is 44.2 Å². The lowest BCUT2D eigenvalue weighted by Crippen LogP contribution is -2.41. The third kappa shape index (κ3) is 2.19. The van der Waals surface area contributed by atoms with Gasteiger partial charge in [0.25, 0.3) is 0 Å². The first-order chi connectivity index (χ1) is 8.90. The van der Waals surface area contributed by atoms with Crippen molar-refractivity contribution in [3.05, 3.63) is 35.4 Å². The Hall–Kier alpha value is -0.860. The van der Waals surface area contributed by atoms with Crippen molar-refractivity contribution in [2.75, 3.05) is 20.1 Å². The van der Waals surface area contributed by atoms with Gasteiger partial charge in [-0.25, -0.2) is 0 Å². The molecule has 0 saturated carbocycles. The van der Waals surface area contributed by atoms with Crippen LogP contribution in [0.25, 0.3) is 0 Å². The number of rotatable bonds is 2. The number of likely N-dealkylation sites (tertiary alicyclic amines) is 1. The van der Waals surface area contributed by atoms with E-state index >= 15 is 0 Å². The van der Waals surface area contributed by atoms with E-state index in [1.807, 2.05) is 0 Å². The summed E-state index contributed by atoms with van der Waals surface area (Å²) in [6.07, 6.45) is 6.60. The summed E-state index contributed by atoms with van der Waals surface area (Å²) < 4.78 is 0. The normalized spacial score (nSPS) is 28.9. The van der Waals surface area contributed by atoms with Gasteiger partial charge in [-0.3, -0.25) is 4.90 Å². The minimum absolute atomic E-state index is 0.594. The van der Waals surface area contributed by atoms with Gasteiger partial charge in [-0.05, 0) is 63.4 Å². The highest BCUT2D eigenvalue weighted by Gasteiger charge is 2.32. The summed E-state index contributed by atoms with van der Waals surface area (Å²) in [6.45, 7) is 2.55. The Bertz CT molecular complexity index is 396. The highest BCUT2D eigenvalue weighted by molar-refractivity contribution is 5.32. The molecule has 98 valence electrons. The van der Waals surface area contributed by atoms with Crippen LogP contribution in [0, 0.1) is 0 Å². The lowest BCUT2D eigenvalue weighted by Gasteiger charge is -2.34. The number of nitrogens with one attached hydrogen (secondary N) is 1. The number of fused-ring (bicyclic) bond motifs is 1. The topological polar surface area (TPSA) is 15.3 Å². The van der Waals surface area contributed by atoms with E-state index in [1.54, 1.807) is 11.1 Å². The van der Waals surface area contributed by atoms with Crippen molar-refractivity contribution in [3.63, 3.8) is 0 Å². The molecular formula is C16H24N2. The van der Waals surface area contributed by atoms with Crippen LogP contribution in [0.2, 0.25) is 0 Å². The summed E-state index contributed by atoms with van der Waals surface area (Å²) in [4.78, 5) is 2.70. The number of hydrogen-bond acceptors (Lipinski definition) is 2. The van der Waals surface area contributed by atoms with Crippen molar-refractivity contribution in [1.82, 2.24) is 10.2 Å². The van der Waals surface area contributed by atoms with Gasteiger partial charge in [0.1, 0.15) is 0 Å². The molecule has 0 radical (unpaired) electrons. The molecule has 1 N–H and O–H groups in total. The van der Waals surface area contributed by atoms with Crippen LogP contribution < -0.4 is 5.32 Å². The van der Waals surface area contributed by atoms with E-state index in [2.05, 4.69) is 41.5 Å². The van der Waals surface area contributed by atoms with Crippen LogP contribution in [0.1, 0.15) is 42.9 Å². The Labute approximate surface area is 110 Å². The fourth-order valence-corrected chi connectivity index (χ4v) is 3.71. The molecule has 0 spiro atoms. The zero-order chi connectivity index (χ0) is 12.4. The summed E-state index contributed by atoms with van der Waals surface area (Å²) in [5.41, 5.74) is 3.16. The highest BCUT2D eigenvalue weighted by Crippen LogP contribution is 2.35. The SMILES string of the molecule is CNC1CCCc2ccccc2C1N1CCCC1. The number of nitrogens with zero attached hydrogens (tertiary/aromatic N) is 1. The molecule has 2 unspecified atom stereocenters. The first kappa shape index (κ1) is 12.2. The summed E-state index contributed by atoms with van der Waals surface area (Å²) in [7, 11) is 2.13. The molecule has 1 fully saturated rings. The monoisotopic (exact) mass is 244 g/mol. The van der Waals surface area contributed by atoms with Gasteiger partial charge in [0.2, 0.25) is 0 Å². The first-order valence-electron chi connectivity index (χ1n) is 7.39. The predicted molar refractivity (Wildman–Crippen MR) is 75.8 cm³/mol. The van der Waals surface area contributed by atoms with E-state index in [9.17, 15) is 0 Å². The lowest BCUT2D eigenvalue weighted by atomic mass is 9.95. The maximum atomic E-state index is 3.57. The van der Waals surface area contributed by atoms with E-state index in [0.29, 0.717) is 12.1 Å². The van der Waals surface area contributed by atoms with Gasteiger partial charge in [-0.2, -0.15) is 0 Å². The molecule has 0 aromatic heterocycles. The van der Waals surface area contributed by atoms with Gasteiger partial charge in [-0.15, -0.1) is 0 Å². The summed E-state index contributed by atoms with van der Waals surface area (Å²) in [5.74, 6) is 0. The van der Waals surface area contributed by atoms with E-state index < -0.39 is 0 Å². The van der Waals surface area contributed by atoms with Gasteiger partial charge >= 0.3 is 0 Å². The van der Waals surface area contributed by atoms with Crippen molar-refractivity contribution in [1.29, 1.82) is 0 Å².